The van der Waals surface area contributed by atoms with E-state index in [1.807, 2.05) is 6.92 Å². The van der Waals surface area contributed by atoms with E-state index in [4.69, 9.17) is 9.47 Å². The number of halogens is 1. The molecule has 0 radical (unpaired) electrons. The zero-order chi connectivity index (χ0) is 19.8. The fourth-order valence-corrected chi connectivity index (χ4v) is 2.51. The summed E-state index contributed by atoms with van der Waals surface area (Å²) in [5.41, 5.74) is 0.619. The van der Waals surface area contributed by atoms with Gasteiger partial charge in [-0.15, -0.1) is 0 Å². The van der Waals surface area contributed by atoms with Crippen molar-refractivity contribution < 1.29 is 23.5 Å². The van der Waals surface area contributed by atoms with Crippen molar-refractivity contribution in [3.05, 3.63) is 65.5 Å². The highest BCUT2D eigenvalue weighted by Gasteiger charge is 2.27. The fourth-order valence-electron chi connectivity index (χ4n) is 2.51. The molecule has 144 valence electrons. The number of hydrogen-bond acceptors (Lipinski definition) is 4. The summed E-state index contributed by atoms with van der Waals surface area (Å²) in [6.07, 6.45) is 0. The highest BCUT2D eigenvalue weighted by molar-refractivity contribution is 5.99. The van der Waals surface area contributed by atoms with Crippen LogP contribution in [0, 0.1) is 11.7 Å². The molecule has 0 unspecified atom stereocenters. The smallest absolute Gasteiger partial charge is 0.329 e. The molecule has 2 aromatic carbocycles. The van der Waals surface area contributed by atoms with Crippen LogP contribution in [-0.2, 0) is 16.1 Å². The Kier molecular flexibility index (Phi) is 7.34. The maximum Gasteiger partial charge on any atom is 0.329 e. The number of nitrogens with one attached hydrogen (secondary N) is 1. The third-order valence-electron chi connectivity index (χ3n) is 3.97. The van der Waals surface area contributed by atoms with Crippen molar-refractivity contribution in [3.8, 4) is 5.75 Å². The Balaban J connectivity index is 2.07. The molecule has 0 heterocycles. The predicted molar refractivity (Wildman–Crippen MR) is 99.9 cm³/mol. The second kappa shape index (κ2) is 9.71. The Labute approximate surface area is 158 Å². The Hall–Kier alpha value is -2.89. The first-order valence-corrected chi connectivity index (χ1v) is 8.86. The van der Waals surface area contributed by atoms with E-state index in [9.17, 15) is 14.0 Å². The minimum Gasteiger partial charge on any atom is -0.493 e. The van der Waals surface area contributed by atoms with Gasteiger partial charge in [0.1, 0.15) is 24.2 Å². The molecule has 0 aromatic heterocycles. The number of amides is 1. The third kappa shape index (κ3) is 5.54. The number of hydrogen-bond donors (Lipinski definition) is 1. The maximum atomic E-state index is 13.7. The van der Waals surface area contributed by atoms with Crippen LogP contribution in [0.15, 0.2) is 48.5 Å². The lowest BCUT2D eigenvalue weighted by atomic mass is 10.0. The molecule has 5 nitrogen and oxygen atoms in total. The Bertz CT molecular complexity index is 791. The maximum absolute atomic E-state index is 13.7. The van der Waals surface area contributed by atoms with Crippen LogP contribution in [0.25, 0.3) is 0 Å². The van der Waals surface area contributed by atoms with E-state index in [2.05, 4.69) is 5.32 Å². The van der Waals surface area contributed by atoms with Gasteiger partial charge in [0.25, 0.3) is 5.91 Å². The molecular formula is C21H24FNO4. The van der Waals surface area contributed by atoms with Gasteiger partial charge in [-0.05, 0) is 31.0 Å². The Morgan fingerprint density at radius 1 is 1.07 bits per heavy atom. The summed E-state index contributed by atoms with van der Waals surface area (Å²) in [7, 11) is 0. The molecule has 1 N–H and O–H groups in total. The van der Waals surface area contributed by atoms with Crippen molar-refractivity contribution in [3.63, 3.8) is 0 Å². The summed E-state index contributed by atoms with van der Waals surface area (Å²) < 4.78 is 24.4. The summed E-state index contributed by atoms with van der Waals surface area (Å²) >= 11 is 0. The molecule has 0 aliphatic carbocycles. The van der Waals surface area contributed by atoms with Crippen LogP contribution in [0.2, 0.25) is 0 Å². The van der Waals surface area contributed by atoms with Crippen molar-refractivity contribution in [2.75, 3.05) is 6.61 Å². The topological polar surface area (TPSA) is 64.6 Å². The molecule has 0 aliphatic rings. The molecule has 2 aromatic rings. The summed E-state index contributed by atoms with van der Waals surface area (Å²) in [6.45, 7) is 5.64. The lowest BCUT2D eigenvalue weighted by molar-refractivity contribution is -0.148. The van der Waals surface area contributed by atoms with Gasteiger partial charge in [-0.3, -0.25) is 4.79 Å². The second-order valence-corrected chi connectivity index (χ2v) is 6.32. The molecule has 1 amide bonds. The largest absolute Gasteiger partial charge is 0.493 e. The number of esters is 1. The number of para-hydroxylation sites is 1. The van der Waals surface area contributed by atoms with Gasteiger partial charge in [0, 0.05) is 5.56 Å². The molecular weight excluding hydrogens is 349 g/mol. The number of carbonyl (C=O) groups is 2. The van der Waals surface area contributed by atoms with Crippen LogP contribution in [0.5, 0.6) is 5.75 Å². The quantitative estimate of drug-likeness (QED) is 0.716. The number of ether oxygens (including phenoxy) is 2. The summed E-state index contributed by atoms with van der Waals surface area (Å²) in [6, 6.07) is 12.0. The number of carbonyl (C=O) groups excluding carboxylic acids is 2. The van der Waals surface area contributed by atoms with Crippen LogP contribution in [-0.4, -0.2) is 24.5 Å². The highest BCUT2D eigenvalue weighted by Crippen LogP contribution is 2.19. The fraction of sp³-hybridized carbons (Fsp3) is 0.333. The van der Waals surface area contributed by atoms with E-state index in [1.54, 1.807) is 56.3 Å². The lowest BCUT2D eigenvalue weighted by Crippen LogP contribution is -2.45. The van der Waals surface area contributed by atoms with E-state index in [1.165, 1.54) is 6.07 Å². The summed E-state index contributed by atoms with van der Waals surface area (Å²) in [5.74, 6) is -1.25. The normalized spacial score (nSPS) is 11.7. The average molecular weight is 373 g/mol. The molecule has 0 aliphatic heterocycles. The van der Waals surface area contributed by atoms with E-state index in [-0.39, 0.29) is 18.1 Å². The van der Waals surface area contributed by atoms with Crippen molar-refractivity contribution in [1.29, 1.82) is 0 Å². The minimum absolute atomic E-state index is 0.194. The van der Waals surface area contributed by atoms with Crippen molar-refractivity contribution in [1.82, 2.24) is 5.32 Å². The zero-order valence-corrected chi connectivity index (χ0v) is 15.7. The standard InChI is InChI=1S/C21H24FNO4/c1-4-26-18-12-8-6-10-16(18)20(24)23-19(14(2)3)21(25)27-13-15-9-5-7-11-17(15)22/h5-12,14,19H,4,13H2,1-3H3,(H,23,24)/t19-/m1/s1. The molecule has 0 fully saturated rings. The van der Waals surface area contributed by atoms with Gasteiger partial charge in [0.05, 0.1) is 12.2 Å². The lowest BCUT2D eigenvalue weighted by Gasteiger charge is -2.21. The number of benzene rings is 2. The van der Waals surface area contributed by atoms with E-state index >= 15 is 0 Å². The Morgan fingerprint density at radius 2 is 1.74 bits per heavy atom. The van der Waals surface area contributed by atoms with Gasteiger partial charge < -0.3 is 14.8 Å². The Morgan fingerprint density at radius 3 is 2.41 bits per heavy atom. The van der Waals surface area contributed by atoms with Crippen LogP contribution in [0.4, 0.5) is 4.39 Å². The first kappa shape index (κ1) is 20.4. The zero-order valence-electron chi connectivity index (χ0n) is 15.7. The van der Waals surface area contributed by atoms with Gasteiger partial charge in [-0.25, -0.2) is 9.18 Å². The average Bonchev–Trinajstić information content (AvgIpc) is 2.65. The van der Waals surface area contributed by atoms with Crippen LogP contribution >= 0.6 is 0 Å². The third-order valence-corrected chi connectivity index (χ3v) is 3.97. The molecule has 0 bridgehead atoms. The van der Waals surface area contributed by atoms with Gasteiger partial charge in [-0.2, -0.15) is 0 Å². The predicted octanol–water partition coefficient (Wildman–Crippen LogP) is 3.72. The van der Waals surface area contributed by atoms with E-state index < -0.39 is 23.7 Å². The molecule has 0 spiro atoms. The van der Waals surface area contributed by atoms with Crippen molar-refractivity contribution in [2.45, 2.75) is 33.4 Å². The number of rotatable bonds is 8. The minimum atomic E-state index is -0.862. The molecule has 27 heavy (non-hydrogen) atoms. The molecule has 2 rings (SSSR count). The highest BCUT2D eigenvalue weighted by atomic mass is 19.1. The molecule has 0 saturated heterocycles. The first-order chi connectivity index (χ1) is 12.9. The first-order valence-electron chi connectivity index (χ1n) is 8.86. The van der Waals surface area contributed by atoms with Gasteiger partial charge >= 0.3 is 5.97 Å². The molecule has 0 saturated carbocycles. The van der Waals surface area contributed by atoms with Crippen LogP contribution in [0.3, 0.4) is 0 Å². The van der Waals surface area contributed by atoms with Crippen LogP contribution < -0.4 is 10.1 Å². The monoisotopic (exact) mass is 373 g/mol. The van der Waals surface area contributed by atoms with Gasteiger partial charge in [0.15, 0.2) is 0 Å². The van der Waals surface area contributed by atoms with Crippen LogP contribution in [0.1, 0.15) is 36.7 Å². The summed E-state index contributed by atoms with van der Waals surface area (Å²) in [5, 5.41) is 2.69. The molecule has 1 atom stereocenters. The van der Waals surface area contributed by atoms with Crippen molar-refractivity contribution >= 4 is 11.9 Å². The second-order valence-electron chi connectivity index (χ2n) is 6.32. The van der Waals surface area contributed by atoms with E-state index in [0.717, 1.165) is 0 Å². The van der Waals surface area contributed by atoms with Gasteiger partial charge in [-0.1, -0.05) is 44.2 Å². The molecule has 6 heteroatoms. The van der Waals surface area contributed by atoms with E-state index in [0.29, 0.717) is 17.9 Å². The summed E-state index contributed by atoms with van der Waals surface area (Å²) in [4.78, 5) is 25.1. The SMILES string of the molecule is CCOc1ccccc1C(=O)N[C@@H](C(=O)OCc1ccccc1F)C(C)C. The van der Waals surface area contributed by atoms with Gasteiger partial charge in [0.2, 0.25) is 0 Å². The van der Waals surface area contributed by atoms with Crippen molar-refractivity contribution in [2.24, 2.45) is 5.92 Å².